The van der Waals surface area contributed by atoms with Crippen molar-refractivity contribution in [3.05, 3.63) is 46.8 Å². The van der Waals surface area contributed by atoms with Gasteiger partial charge in [0.05, 0.1) is 17.1 Å². The summed E-state index contributed by atoms with van der Waals surface area (Å²) in [4.78, 5) is 22.5. The van der Waals surface area contributed by atoms with E-state index in [4.69, 9.17) is 16.7 Å². The van der Waals surface area contributed by atoms with Crippen LogP contribution in [0.25, 0.3) is 0 Å². The Labute approximate surface area is 118 Å². The van der Waals surface area contributed by atoms with Gasteiger partial charge in [-0.3, -0.25) is 0 Å². The fourth-order valence-electron chi connectivity index (χ4n) is 1.44. The standard InChI is InChI=1S/C12H10ClN3O4/c13-10-2-1-7(5-9(10)11(17)18)15-12(19)14-6-8-3-4-20-16-8/h1-5H,6H2,(H,17,18)(H2,14,15,19). The number of carboxylic acids is 1. The lowest BCUT2D eigenvalue weighted by Crippen LogP contribution is -2.28. The molecular formula is C12H10ClN3O4. The number of hydrogen-bond acceptors (Lipinski definition) is 4. The molecule has 0 saturated heterocycles. The third-order valence-electron chi connectivity index (χ3n) is 2.38. The van der Waals surface area contributed by atoms with Crippen molar-refractivity contribution in [1.29, 1.82) is 0 Å². The number of hydrogen-bond donors (Lipinski definition) is 3. The summed E-state index contributed by atoms with van der Waals surface area (Å²) in [7, 11) is 0. The van der Waals surface area contributed by atoms with Crippen LogP contribution in [0, 0.1) is 0 Å². The zero-order chi connectivity index (χ0) is 14.5. The molecule has 20 heavy (non-hydrogen) atoms. The van der Waals surface area contributed by atoms with Crippen LogP contribution in [0.3, 0.4) is 0 Å². The van der Waals surface area contributed by atoms with Crippen molar-refractivity contribution >= 4 is 29.3 Å². The summed E-state index contributed by atoms with van der Waals surface area (Å²) in [5, 5.41) is 17.7. The largest absolute Gasteiger partial charge is 0.478 e. The minimum Gasteiger partial charge on any atom is -0.478 e. The number of anilines is 1. The molecule has 0 unspecified atom stereocenters. The molecule has 2 aromatic rings. The number of urea groups is 1. The summed E-state index contributed by atoms with van der Waals surface area (Å²) in [5.41, 5.74) is 0.813. The molecule has 2 rings (SSSR count). The molecule has 1 aromatic carbocycles. The quantitative estimate of drug-likeness (QED) is 0.803. The van der Waals surface area contributed by atoms with Crippen LogP contribution in [0.5, 0.6) is 0 Å². The van der Waals surface area contributed by atoms with Crippen LogP contribution in [0.1, 0.15) is 16.1 Å². The number of amides is 2. The van der Waals surface area contributed by atoms with Crippen LogP contribution in [0.2, 0.25) is 5.02 Å². The lowest BCUT2D eigenvalue weighted by atomic mass is 10.2. The van der Waals surface area contributed by atoms with E-state index in [1.807, 2.05) is 0 Å². The molecule has 104 valence electrons. The predicted molar refractivity (Wildman–Crippen MR) is 70.8 cm³/mol. The van der Waals surface area contributed by atoms with E-state index in [9.17, 15) is 9.59 Å². The van der Waals surface area contributed by atoms with Gasteiger partial charge >= 0.3 is 12.0 Å². The second-order valence-corrected chi connectivity index (χ2v) is 4.21. The summed E-state index contributed by atoms with van der Waals surface area (Å²) in [6.07, 6.45) is 1.40. The van der Waals surface area contributed by atoms with Gasteiger partial charge in [-0.2, -0.15) is 0 Å². The predicted octanol–water partition coefficient (Wildman–Crippen LogP) is 2.35. The number of carboxylic acid groups (broad SMARTS) is 1. The Morgan fingerprint density at radius 2 is 2.15 bits per heavy atom. The molecule has 3 N–H and O–H groups in total. The maximum atomic E-state index is 11.6. The van der Waals surface area contributed by atoms with Crippen molar-refractivity contribution in [1.82, 2.24) is 10.5 Å². The lowest BCUT2D eigenvalue weighted by molar-refractivity contribution is 0.0697. The van der Waals surface area contributed by atoms with E-state index >= 15 is 0 Å². The number of halogens is 1. The average molecular weight is 296 g/mol. The zero-order valence-electron chi connectivity index (χ0n) is 10.1. The normalized spacial score (nSPS) is 10.1. The molecule has 1 heterocycles. The summed E-state index contributed by atoms with van der Waals surface area (Å²) in [6, 6.07) is 5.31. The van der Waals surface area contributed by atoms with Crippen molar-refractivity contribution in [3.8, 4) is 0 Å². The fourth-order valence-corrected chi connectivity index (χ4v) is 1.64. The summed E-state index contributed by atoms with van der Waals surface area (Å²) >= 11 is 5.73. The van der Waals surface area contributed by atoms with Crippen molar-refractivity contribution in [2.45, 2.75) is 6.54 Å². The highest BCUT2D eigenvalue weighted by Gasteiger charge is 2.10. The minimum atomic E-state index is -1.17. The molecule has 0 aliphatic heterocycles. The number of benzene rings is 1. The number of rotatable bonds is 4. The molecule has 1 aromatic heterocycles. The van der Waals surface area contributed by atoms with Gasteiger partial charge in [0, 0.05) is 11.8 Å². The molecule has 7 nitrogen and oxygen atoms in total. The van der Waals surface area contributed by atoms with E-state index in [2.05, 4.69) is 20.3 Å². The van der Waals surface area contributed by atoms with E-state index in [1.54, 1.807) is 6.07 Å². The van der Waals surface area contributed by atoms with E-state index in [0.29, 0.717) is 11.4 Å². The van der Waals surface area contributed by atoms with Crippen molar-refractivity contribution in [2.24, 2.45) is 0 Å². The molecule has 0 aliphatic rings. The van der Waals surface area contributed by atoms with Gasteiger partial charge < -0.3 is 20.3 Å². The molecule has 0 radical (unpaired) electrons. The van der Waals surface area contributed by atoms with Crippen molar-refractivity contribution in [3.63, 3.8) is 0 Å². The number of nitrogens with zero attached hydrogens (tertiary/aromatic N) is 1. The summed E-state index contributed by atoms with van der Waals surface area (Å²) < 4.78 is 4.62. The highest BCUT2D eigenvalue weighted by molar-refractivity contribution is 6.33. The van der Waals surface area contributed by atoms with Crippen LogP contribution < -0.4 is 10.6 Å². The third kappa shape index (κ3) is 3.48. The van der Waals surface area contributed by atoms with Gasteiger partial charge in [0.15, 0.2) is 0 Å². The Balaban J connectivity index is 1.97. The average Bonchev–Trinajstić information content (AvgIpc) is 2.91. The molecule has 2 amide bonds. The van der Waals surface area contributed by atoms with Gasteiger partial charge in [0.2, 0.25) is 0 Å². The molecule has 0 bridgehead atoms. The maximum absolute atomic E-state index is 11.6. The minimum absolute atomic E-state index is 0.0824. The molecular weight excluding hydrogens is 286 g/mol. The van der Waals surface area contributed by atoms with Gasteiger partial charge in [-0.25, -0.2) is 9.59 Å². The van der Waals surface area contributed by atoms with Gasteiger partial charge in [0.1, 0.15) is 12.0 Å². The van der Waals surface area contributed by atoms with Crippen LogP contribution in [-0.2, 0) is 6.54 Å². The SMILES string of the molecule is O=C(NCc1ccon1)Nc1ccc(Cl)c(C(=O)O)c1. The third-order valence-corrected chi connectivity index (χ3v) is 2.71. The van der Waals surface area contributed by atoms with Crippen LogP contribution in [0.15, 0.2) is 35.1 Å². The van der Waals surface area contributed by atoms with Crippen molar-refractivity contribution < 1.29 is 19.2 Å². The Bertz CT molecular complexity index is 628. The van der Waals surface area contributed by atoms with Gasteiger partial charge in [-0.1, -0.05) is 16.8 Å². The topological polar surface area (TPSA) is 104 Å². The molecule has 0 saturated carbocycles. The highest BCUT2D eigenvalue weighted by atomic mass is 35.5. The Morgan fingerprint density at radius 3 is 2.80 bits per heavy atom. The number of carbonyl (C=O) groups excluding carboxylic acids is 1. The van der Waals surface area contributed by atoms with Gasteiger partial charge in [-0.15, -0.1) is 0 Å². The van der Waals surface area contributed by atoms with Crippen LogP contribution in [0.4, 0.5) is 10.5 Å². The van der Waals surface area contributed by atoms with Gasteiger partial charge in [-0.05, 0) is 18.2 Å². The first-order valence-corrected chi connectivity index (χ1v) is 5.91. The Morgan fingerprint density at radius 1 is 1.35 bits per heavy atom. The first-order valence-electron chi connectivity index (χ1n) is 5.53. The number of carbonyl (C=O) groups is 2. The Kier molecular flexibility index (Phi) is 4.21. The smallest absolute Gasteiger partial charge is 0.337 e. The number of nitrogens with one attached hydrogen (secondary N) is 2. The number of aromatic carboxylic acids is 1. The van der Waals surface area contributed by atoms with E-state index in [1.165, 1.54) is 24.5 Å². The second kappa shape index (κ2) is 6.07. The molecule has 0 fully saturated rings. The molecule has 0 atom stereocenters. The summed E-state index contributed by atoms with van der Waals surface area (Å²) in [6.45, 7) is 0.196. The number of aromatic nitrogens is 1. The summed E-state index contributed by atoms with van der Waals surface area (Å²) in [5.74, 6) is -1.17. The van der Waals surface area contributed by atoms with Crippen LogP contribution in [-0.4, -0.2) is 22.3 Å². The second-order valence-electron chi connectivity index (χ2n) is 3.80. The van der Waals surface area contributed by atoms with E-state index < -0.39 is 12.0 Å². The lowest BCUT2D eigenvalue weighted by Gasteiger charge is -2.07. The first-order chi connectivity index (χ1) is 9.56. The van der Waals surface area contributed by atoms with Crippen molar-refractivity contribution in [2.75, 3.05) is 5.32 Å². The molecule has 0 aliphatic carbocycles. The fraction of sp³-hybridized carbons (Fsp3) is 0.0833. The van der Waals surface area contributed by atoms with Crippen LogP contribution >= 0.6 is 11.6 Å². The van der Waals surface area contributed by atoms with Gasteiger partial charge in [0.25, 0.3) is 0 Å². The van der Waals surface area contributed by atoms with E-state index in [0.717, 1.165) is 0 Å². The van der Waals surface area contributed by atoms with E-state index in [-0.39, 0.29) is 17.1 Å². The zero-order valence-corrected chi connectivity index (χ0v) is 10.8. The maximum Gasteiger partial charge on any atom is 0.337 e. The Hall–Kier alpha value is -2.54. The first kappa shape index (κ1) is 13.9. The highest BCUT2D eigenvalue weighted by Crippen LogP contribution is 2.20. The molecule has 0 spiro atoms. The monoisotopic (exact) mass is 295 g/mol. The molecule has 8 heteroatoms.